The number of benzene rings is 2. The zero-order valence-electron chi connectivity index (χ0n) is 43.2. The van der Waals surface area contributed by atoms with Gasteiger partial charge in [0.05, 0.1) is 18.8 Å². The van der Waals surface area contributed by atoms with Gasteiger partial charge < -0.3 is 74.9 Å². The Hall–Kier alpha value is -8.09. The van der Waals surface area contributed by atoms with E-state index in [2.05, 4.69) is 46.9 Å². The summed E-state index contributed by atoms with van der Waals surface area (Å²) in [6, 6.07) is 3.97. The molecule has 17 N–H and O–H groups in total. The van der Waals surface area contributed by atoms with Crippen LogP contribution in [0, 0.1) is 11.8 Å². The number of carbonyl (C=O) groups is 9. The Bertz CT molecular complexity index is 2560. The predicted octanol–water partition coefficient (Wildman–Crippen LogP) is -1.99. The number of aromatic amines is 1. The third kappa shape index (κ3) is 16.0. The van der Waals surface area contributed by atoms with Gasteiger partial charge in [0.1, 0.15) is 47.5 Å². The minimum absolute atomic E-state index is 0.0274. The number of imidazole rings is 1. The van der Waals surface area contributed by atoms with Crippen molar-refractivity contribution in [2.45, 2.75) is 140 Å². The second-order valence-corrected chi connectivity index (χ2v) is 19.9. The Morgan fingerprint density at radius 3 is 1.99 bits per heavy atom. The maximum atomic E-state index is 14.7. The van der Waals surface area contributed by atoms with Crippen molar-refractivity contribution in [3.05, 3.63) is 83.4 Å². The molecule has 3 aromatic rings. The first-order chi connectivity index (χ1) is 36.0. The van der Waals surface area contributed by atoms with E-state index in [9.17, 15) is 53.4 Å². The second-order valence-electron chi connectivity index (χ2n) is 19.9. The molecule has 2 heterocycles. The summed E-state index contributed by atoms with van der Waals surface area (Å²) in [4.78, 5) is 136. The number of aliphatic imine (C=N–C) groups is 1. The Morgan fingerprint density at radius 1 is 0.803 bits per heavy atom. The lowest BCUT2D eigenvalue weighted by Crippen LogP contribution is -2.62. The first-order valence-corrected chi connectivity index (χ1v) is 25.3. The number of nitrogens with one attached hydrogen (secondary N) is 7. The van der Waals surface area contributed by atoms with Crippen LogP contribution in [0.2, 0.25) is 0 Å². The number of phenolic OH excluding ortho intramolecular Hbond substituents is 1. The van der Waals surface area contributed by atoms with Crippen molar-refractivity contribution in [1.29, 1.82) is 0 Å². The average Bonchev–Trinajstić information content (AvgIpc) is 4.16. The number of carbonyl (C=O) groups excluding carboxylic acids is 8. The normalized spacial score (nSPS) is 17.3. The number of nitrogens with two attached hydrogens (primary N) is 4. The fourth-order valence-electron chi connectivity index (χ4n) is 9.25. The average molecular weight is 1060 g/mol. The molecule has 1 saturated heterocycles. The number of fused-ring (bicyclic) bond motifs is 1. The van der Waals surface area contributed by atoms with Gasteiger partial charge in [0.2, 0.25) is 47.3 Å². The van der Waals surface area contributed by atoms with E-state index >= 15 is 0 Å². The summed E-state index contributed by atoms with van der Waals surface area (Å²) in [7, 11) is 0. The number of amides is 8. The van der Waals surface area contributed by atoms with Gasteiger partial charge in [-0.15, -0.1) is 0 Å². The molecule has 0 radical (unpaired) electrons. The van der Waals surface area contributed by atoms with Gasteiger partial charge in [0.15, 0.2) is 5.96 Å². The van der Waals surface area contributed by atoms with E-state index in [4.69, 9.17) is 22.9 Å². The van der Waals surface area contributed by atoms with Gasteiger partial charge in [-0.25, -0.2) is 9.78 Å². The van der Waals surface area contributed by atoms with E-state index in [1.807, 2.05) is 12.1 Å². The SMILES string of the molecule is CC[C@H](C)[C@H](NC(=O)[C@H](Cc1ccc(O)cc1)NC(=O)[C@@H](NC(=O)[C@H](CCCN=C(N)N)NC(=O)[C@@H](N)CC(N)=O)C(C)C)C(=O)N[C@@H](Cc1cnc[nH]1)C(=O)N1CCC[C@H]1C(=O)NC1(C(=O)O)Cc2ccccc2C1. The number of rotatable bonds is 27. The molecule has 1 aliphatic carbocycles. The zero-order chi connectivity index (χ0) is 55.9. The molecule has 0 unspecified atom stereocenters. The molecule has 8 amide bonds. The Kier molecular flexibility index (Phi) is 20.8. The van der Waals surface area contributed by atoms with Crippen LogP contribution in [-0.2, 0) is 68.8 Å². The lowest BCUT2D eigenvalue weighted by atomic mass is 9.95. The van der Waals surface area contributed by atoms with Gasteiger partial charge in [-0.05, 0) is 66.3 Å². The molecule has 0 bridgehead atoms. The van der Waals surface area contributed by atoms with Crippen molar-refractivity contribution in [3.63, 3.8) is 0 Å². The minimum Gasteiger partial charge on any atom is -0.508 e. The molecule has 8 atom stereocenters. The van der Waals surface area contributed by atoms with Gasteiger partial charge in [0, 0.05) is 50.7 Å². The maximum absolute atomic E-state index is 14.7. The second kappa shape index (κ2) is 26.9. The van der Waals surface area contributed by atoms with Crippen LogP contribution in [0.3, 0.4) is 0 Å². The number of primary amides is 1. The van der Waals surface area contributed by atoms with Crippen molar-refractivity contribution < 1.29 is 53.4 Å². The van der Waals surface area contributed by atoms with Crippen molar-refractivity contribution in [3.8, 4) is 5.75 Å². The fraction of sp³-hybridized carbons (Fsp3) is 0.510. The van der Waals surface area contributed by atoms with Gasteiger partial charge in [-0.2, -0.15) is 0 Å². The third-order valence-corrected chi connectivity index (χ3v) is 13.7. The number of aliphatic carboxylic acids is 1. The minimum atomic E-state index is -1.63. The molecule has 412 valence electrons. The Morgan fingerprint density at radius 2 is 1.41 bits per heavy atom. The van der Waals surface area contributed by atoms with Gasteiger partial charge >= 0.3 is 5.97 Å². The van der Waals surface area contributed by atoms with Crippen molar-refractivity contribution in [2.75, 3.05) is 13.1 Å². The van der Waals surface area contributed by atoms with Crippen molar-refractivity contribution >= 4 is 59.2 Å². The number of likely N-dealkylation sites (tertiary alicyclic amines) is 1. The summed E-state index contributed by atoms with van der Waals surface area (Å²) < 4.78 is 0. The summed E-state index contributed by atoms with van der Waals surface area (Å²) >= 11 is 0. The molecule has 76 heavy (non-hydrogen) atoms. The van der Waals surface area contributed by atoms with Crippen molar-refractivity contribution in [2.24, 2.45) is 39.8 Å². The first-order valence-electron chi connectivity index (χ1n) is 25.3. The summed E-state index contributed by atoms with van der Waals surface area (Å²) in [5, 5.41) is 36.7. The molecule has 25 heteroatoms. The van der Waals surface area contributed by atoms with E-state index in [1.165, 1.54) is 41.7 Å². The highest BCUT2D eigenvalue weighted by Crippen LogP contribution is 2.31. The highest BCUT2D eigenvalue weighted by Gasteiger charge is 2.48. The van der Waals surface area contributed by atoms with Crippen molar-refractivity contribution in [1.82, 2.24) is 46.8 Å². The summed E-state index contributed by atoms with van der Waals surface area (Å²) in [5.41, 5.74) is 22.9. The number of aromatic nitrogens is 2. The lowest BCUT2D eigenvalue weighted by Gasteiger charge is -2.33. The van der Waals surface area contributed by atoms with Crippen LogP contribution in [0.25, 0.3) is 0 Å². The van der Waals surface area contributed by atoms with E-state index in [0.29, 0.717) is 24.1 Å². The van der Waals surface area contributed by atoms with E-state index in [-0.39, 0.29) is 69.7 Å². The number of phenols is 1. The summed E-state index contributed by atoms with van der Waals surface area (Å²) in [6.45, 7) is 6.99. The molecule has 0 spiro atoms. The van der Waals surface area contributed by atoms with Crippen LogP contribution in [0.5, 0.6) is 5.75 Å². The summed E-state index contributed by atoms with van der Waals surface area (Å²) in [6.07, 6.45) is 3.38. The van der Waals surface area contributed by atoms with Gasteiger partial charge in [-0.1, -0.05) is 70.5 Å². The molecule has 1 aliphatic heterocycles. The molecule has 1 aromatic heterocycles. The van der Waals surface area contributed by atoms with Crippen LogP contribution < -0.4 is 54.8 Å². The van der Waals surface area contributed by atoms with E-state index < -0.39 is 119 Å². The number of nitrogens with zero attached hydrogens (tertiary/aromatic N) is 3. The van der Waals surface area contributed by atoms with Crippen LogP contribution in [0.15, 0.2) is 66.0 Å². The molecule has 0 saturated carbocycles. The molecule has 1 fully saturated rings. The third-order valence-electron chi connectivity index (χ3n) is 13.7. The number of hydrogen-bond donors (Lipinski definition) is 13. The van der Waals surface area contributed by atoms with Crippen LogP contribution in [0.1, 0.15) is 88.6 Å². The fourth-order valence-corrected chi connectivity index (χ4v) is 9.25. The first kappa shape index (κ1) is 58.8. The van der Waals surface area contributed by atoms with Crippen LogP contribution in [-0.4, -0.2) is 145 Å². The van der Waals surface area contributed by atoms with Gasteiger partial charge in [-0.3, -0.25) is 43.3 Å². The number of guanidine groups is 1. The Balaban J connectivity index is 1.37. The van der Waals surface area contributed by atoms with Crippen LogP contribution in [0.4, 0.5) is 0 Å². The highest BCUT2D eigenvalue weighted by molar-refractivity contribution is 5.99. The van der Waals surface area contributed by atoms with E-state index in [1.54, 1.807) is 39.8 Å². The molecule has 25 nitrogen and oxygen atoms in total. The highest BCUT2D eigenvalue weighted by atomic mass is 16.4. The van der Waals surface area contributed by atoms with E-state index in [0.717, 1.165) is 11.1 Å². The monoisotopic (exact) mass is 1060 g/mol. The zero-order valence-corrected chi connectivity index (χ0v) is 43.2. The topological polar surface area (TPSA) is 415 Å². The standard InChI is InChI=1S/C51H72N14O11/c1-5-28(4)41(47(73)61-37(21-32-25-56-26-58-32)48(74)65-19-9-13-38(65)45(71)64-51(49(75)76)23-30-10-6-7-11-31(30)24-51)63-44(70)36(20-29-14-16-33(66)17-15-29)60-46(72)40(27(2)3)62-43(69)35(12-8-18-57-50(54)55)59-42(68)34(52)22-39(53)67/h6-7,10-11,14-17,25-28,34-38,40-41,66H,5,8-9,12-13,18-24,52H2,1-4H3,(H2,53,67)(H,56,58)(H,59,68)(H,60,72)(H,61,73)(H,62,69)(H,63,70)(H,64,71)(H,75,76)(H4,54,55,57)/t28-,34-,35-,36-,37-,38-,40-,41-/m0/s1. The number of H-pyrrole nitrogens is 1. The summed E-state index contributed by atoms with van der Waals surface area (Å²) in [5.74, 6) is -8.85. The molecule has 2 aromatic carbocycles. The molecule has 5 rings (SSSR count). The number of carboxylic acids is 1. The largest absolute Gasteiger partial charge is 0.508 e. The number of carboxylic acid groups (broad SMARTS) is 1. The number of hydrogen-bond acceptors (Lipinski definition) is 13. The predicted molar refractivity (Wildman–Crippen MR) is 277 cm³/mol. The quantitative estimate of drug-likeness (QED) is 0.0223. The number of aromatic hydroxyl groups is 1. The van der Waals surface area contributed by atoms with Gasteiger partial charge in [0.25, 0.3) is 0 Å². The smallest absolute Gasteiger partial charge is 0.330 e. The van der Waals surface area contributed by atoms with Crippen LogP contribution >= 0.6 is 0 Å². The molecule has 2 aliphatic rings. The Labute approximate surface area is 439 Å². The molecular weight excluding hydrogens is 985 g/mol. The molecular formula is C51H72N14O11. The maximum Gasteiger partial charge on any atom is 0.330 e. The lowest BCUT2D eigenvalue weighted by molar-refractivity contribution is -0.149.